The Hall–Kier alpha value is -2.13. The van der Waals surface area contributed by atoms with Gasteiger partial charge in [-0.25, -0.2) is 4.98 Å². The van der Waals surface area contributed by atoms with Gasteiger partial charge in [0.25, 0.3) is 0 Å². The Labute approximate surface area is 119 Å². The highest BCUT2D eigenvalue weighted by Gasteiger charge is 2.12. The molecule has 0 saturated heterocycles. The second-order valence-corrected chi connectivity index (χ2v) is 5.20. The van der Waals surface area contributed by atoms with E-state index in [0.29, 0.717) is 0 Å². The maximum Gasteiger partial charge on any atom is 0.114 e. The highest BCUT2D eigenvalue weighted by Crippen LogP contribution is 2.22. The van der Waals surface area contributed by atoms with Crippen LogP contribution in [0.4, 0.5) is 0 Å². The summed E-state index contributed by atoms with van der Waals surface area (Å²) in [6, 6.07) is 18.8. The molecule has 102 valence electrons. The lowest BCUT2D eigenvalue weighted by molar-refractivity contribution is 0.644. The van der Waals surface area contributed by atoms with Gasteiger partial charge in [-0.2, -0.15) is 0 Å². The number of benzene rings is 2. The van der Waals surface area contributed by atoms with Crippen LogP contribution in [0.2, 0.25) is 0 Å². The molecule has 0 aliphatic heterocycles. The van der Waals surface area contributed by atoms with Crippen LogP contribution >= 0.6 is 0 Å². The highest BCUT2D eigenvalue weighted by molar-refractivity contribution is 5.78. The van der Waals surface area contributed by atoms with E-state index < -0.39 is 0 Å². The molecule has 0 bridgehead atoms. The number of rotatable bonds is 4. The summed E-state index contributed by atoms with van der Waals surface area (Å²) in [5.74, 6) is 1.08. The van der Waals surface area contributed by atoms with Crippen LogP contribution in [0.15, 0.2) is 54.6 Å². The first kappa shape index (κ1) is 12.9. The molecule has 1 unspecified atom stereocenters. The Morgan fingerprint density at radius 2 is 1.75 bits per heavy atom. The zero-order valence-corrected chi connectivity index (χ0v) is 11.7. The van der Waals surface area contributed by atoms with Gasteiger partial charge in [-0.05, 0) is 37.6 Å². The van der Waals surface area contributed by atoms with E-state index in [1.54, 1.807) is 0 Å². The van der Waals surface area contributed by atoms with Gasteiger partial charge in [0.05, 0.1) is 11.0 Å². The van der Waals surface area contributed by atoms with E-state index in [1.165, 1.54) is 0 Å². The van der Waals surface area contributed by atoms with Crippen molar-refractivity contribution < 1.29 is 0 Å². The van der Waals surface area contributed by atoms with E-state index in [0.717, 1.165) is 35.4 Å². The van der Waals surface area contributed by atoms with Crippen molar-refractivity contribution in [1.29, 1.82) is 0 Å². The maximum atomic E-state index is 5.89. The molecule has 3 nitrogen and oxygen atoms in total. The number of nitrogens with zero attached hydrogens (tertiary/aromatic N) is 2. The predicted octanol–water partition coefficient (Wildman–Crippen LogP) is 3.31. The molecule has 20 heavy (non-hydrogen) atoms. The van der Waals surface area contributed by atoms with E-state index >= 15 is 0 Å². The van der Waals surface area contributed by atoms with Crippen LogP contribution in [-0.4, -0.2) is 15.6 Å². The summed E-state index contributed by atoms with van der Waals surface area (Å²) in [5, 5.41) is 0. The van der Waals surface area contributed by atoms with Crippen LogP contribution in [0.1, 0.15) is 19.2 Å². The SMILES string of the molecule is CC(N)CCc1nc2ccccc2n1-c1ccccc1. The molecule has 0 amide bonds. The molecule has 0 saturated carbocycles. The molecule has 0 fully saturated rings. The molecule has 1 aromatic heterocycles. The zero-order chi connectivity index (χ0) is 13.9. The average Bonchev–Trinajstić information content (AvgIpc) is 2.84. The van der Waals surface area contributed by atoms with Crippen LogP contribution in [0.5, 0.6) is 0 Å². The molecular formula is C17H19N3. The van der Waals surface area contributed by atoms with Crippen molar-refractivity contribution in [2.24, 2.45) is 5.73 Å². The van der Waals surface area contributed by atoms with Gasteiger partial charge in [0.1, 0.15) is 5.82 Å². The third-order valence-corrected chi connectivity index (χ3v) is 3.47. The van der Waals surface area contributed by atoms with Gasteiger partial charge >= 0.3 is 0 Å². The van der Waals surface area contributed by atoms with Crippen molar-refractivity contribution in [3.8, 4) is 5.69 Å². The van der Waals surface area contributed by atoms with E-state index in [1.807, 2.05) is 19.1 Å². The van der Waals surface area contributed by atoms with Crippen LogP contribution in [0.25, 0.3) is 16.7 Å². The second-order valence-electron chi connectivity index (χ2n) is 5.20. The highest BCUT2D eigenvalue weighted by atomic mass is 15.1. The molecule has 3 heteroatoms. The molecule has 1 atom stereocenters. The maximum absolute atomic E-state index is 5.89. The summed E-state index contributed by atoms with van der Waals surface area (Å²) in [6.45, 7) is 2.04. The number of hydrogen-bond donors (Lipinski definition) is 1. The van der Waals surface area contributed by atoms with Gasteiger partial charge in [-0.3, -0.25) is 4.57 Å². The molecule has 0 aliphatic carbocycles. The normalized spacial score (nSPS) is 12.7. The second kappa shape index (κ2) is 5.47. The van der Waals surface area contributed by atoms with Gasteiger partial charge in [0.15, 0.2) is 0 Å². The largest absolute Gasteiger partial charge is 0.328 e. The summed E-state index contributed by atoms with van der Waals surface area (Å²) >= 11 is 0. The number of fused-ring (bicyclic) bond motifs is 1. The standard InChI is InChI=1S/C17H19N3/c1-13(18)11-12-17-19-15-9-5-6-10-16(15)20(17)14-7-3-2-4-8-14/h2-10,13H,11-12,18H2,1H3. The quantitative estimate of drug-likeness (QED) is 0.786. The fourth-order valence-corrected chi connectivity index (χ4v) is 2.47. The predicted molar refractivity (Wildman–Crippen MR) is 83.0 cm³/mol. The Morgan fingerprint density at radius 1 is 1.05 bits per heavy atom. The minimum absolute atomic E-state index is 0.194. The Kier molecular flexibility index (Phi) is 3.52. The molecule has 2 aromatic carbocycles. The number of aromatic nitrogens is 2. The lowest BCUT2D eigenvalue weighted by Gasteiger charge is -2.10. The topological polar surface area (TPSA) is 43.8 Å². The van der Waals surface area contributed by atoms with Crippen LogP contribution in [0.3, 0.4) is 0 Å². The number of nitrogens with two attached hydrogens (primary N) is 1. The Bertz CT molecular complexity index is 699. The Morgan fingerprint density at radius 3 is 2.50 bits per heavy atom. The minimum Gasteiger partial charge on any atom is -0.328 e. The van der Waals surface area contributed by atoms with Crippen molar-refractivity contribution in [3.05, 3.63) is 60.4 Å². The first-order valence-corrected chi connectivity index (χ1v) is 7.03. The van der Waals surface area contributed by atoms with Crippen LogP contribution < -0.4 is 5.73 Å². The molecule has 3 aromatic rings. The van der Waals surface area contributed by atoms with E-state index in [9.17, 15) is 0 Å². The number of aryl methyl sites for hydroxylation is 1. The number of imidazole rings is 1. The smallest absolute Gasteiger partial charge is 0.114 e. The van der Waals surface area contributed by atoms with Gasteiger partial charge in [-0.1, -0.05) is 30.3 Å². The first-order valence-electron chi connectivity index (χ1n) is 7.03. The summed E-state index contributed by atoms with van der Waals surface area (Å²) < 4.78 is 2.23. The first-order chi connectivity index (χ1) is 9.75. The molecular weight excluding hydrogens is 246 g/mol. The van der Waals surface area contributed by atoms with Crippen molar-refractivity contribution in [3.63, 3.8) is 0 Å². The molecule has 0 spiro atoms. The van der Waals surface area contributed by atoms with Crippen molar-refractivity contribution >= 4 is 11.0 Å². The van der Waals surface area contributed by atoms with Crippen molar-refractivity contribution in [2.45, 2.75) is 25.8 Å². The fourth-order valence-electron chi connectivity index (χ4n) is 2.47. The number of hydrogen-bond acceptors (Lipinski definition) is 2. The van der Waals surface area contributed by atoms with Gasteiger partial charge in [-0.15, -0.1) is 0 Å². The zero-order valence-electron chi connectivity index (χ0n) is 11.7. The van der Waals surface area contributed by atoms with Crippen molar-refractivity contribution in [2.75, 3.05) is 0 Å². The summed E-state index contributed by atoms with van der Waals surface area (Å²) in [7, 11) is 0. The lowest BCUT2D eigenvalue weighted by atomic mass is 10.2. The minimum atomic E-state index is 0.194. The molecule has 2 N–H and O–H groups in total. The van der Waals surface area contributed by atoms with E-state index in [4.69, 9.17) is 10.7 Å². The summed E-state index contributed by atoms with van der Waals surface area (Å²) in [5.41, 5.74) is 9.23. The molecule has 1 heterocycles. The summed E-state index contributed by atoms with van der Waals surface area (Å²) in [4.78, 5) is 4.77. The fraction of sp³-hybridized carbons (Fsp3) is 0.235. The Balaban J connectivity index is 2.13. The summed E-state index contributed by atoms with van der Waals surface area (Å²) in [6.07, 6.45) is 1.83. The van der Waals surface area contributed by atoms with Gasteiger partial charge in [0, 0.05) is 18.2 Å². The van der Waals surface area contributed by atoms with Crippen LogP contribution in [0, 0.1) is 0 Å². The van der Waals surface area contributed by atoms with Gasteiger partial charge < -0.3 is 5.73 Å². The molecule has 0 radical (unpaired) electrons. The van der Waals surface area contributed by atoms with Gasteiger partial charge in [0.2, 0.25) is 0 Å². The van der Waals surface area contributed by atoms with E-state index in [2.05, 4.69) is 47.0 Å². The molecule has 0 aliphatic rings. The lowest BCUT2D eigenvalue weighted by Crippen LogP contribution is -2.16. The monoisotopic (exact) mass is 265 g/mol. The van der Waals surface area contributed by atoms with E-state index in [-0.39, 0.29) is 6.04 Å². The molecule has 3 rings (SSSR count). The average molecular weight is 265 g/mol. The third kappa shape index (κ3) is 2.45. The number of para-hydroxylation sites is 3. The third-order valence-electron chi connectivity index (χ3n) is 3.47. The van der Waals surface area contributed by atoms with Crippen LogP contribution in [-0.2, 0) is 6.42 Å². The van der Waals surface area contributed by atoms with Crippen molar-refractivity contribution in [1.82, 2.24) is 9.55 Å².